The molecule has 1 amide bonds. The number of halogens is 2. The molecular formula is C24H30F2N2O6S2. The summed E-state index contributed by atoms with van der Waals surface area (Å²) in [5, 5.41) is 0. The van der Waals surface area contributed by atoms with Crippen molar-refractivity contribution in [3.05, 3.63) is 54.1 Å². The number of hydrogen-bond donors (Lipinski definition) is 0. The van der Waals surface area contributed by atoms with Gasteiger partial charge in [-0.2, -0.15) is 4.31 Å². The second-order valence-corrected chi connectivity index (χ2v) is 13.3. The SMILES string of the molecule is CC(C)(CCCOc1c(F)cccc1F)C(=O)N1CCN(S(=O)(=O)c2ccc(S(C)(=O)=O)cc2)CC1. The molecule has 0 saturated carbocycles. The van der Waals surface area contributed by atoms with E-state index in [0.717, 1.165) is 18.4 Å². The Balaban J connectivity index is 1.53. The summed E-state index contributed by atoms with van der Waals surface area (Å²) in [5.74, 6) is -2.16. The zero-order valence-electron chi connectivity index (χ0n) is 20.4. The van der Waals surface area contributed by atoms with Crippen LogP contribution in [0.25, 0.3) is 0 Å². The Kier molecular flexibility index (Phi) is 8.41. The van der Waals surface area contributed by atoms with Crippen LogP contribution in [-0.4, -0.2) is 71.0 Å². The van der Waals surface area contributed by atoms with Crippen molar-refractivity contribution in [2.24, 2.45) is 5.41 Å². The van der Waals surface area contributed by atoms with E-state index >= 15 is 0 Å². The maximum atomic E-state index is 13.7. The molecule has 198 valence electrons. The number of carbonyl (C=O) groups excluding carboxylic acids is 1. The molecule has 0 aliphatic carbocycles. The lowest BCUT2D eigenvalue weighted by atomic mass is 9.86. The number of sulfone groups is 1. The van der Waals surface area contributed by atoms with Crippen LogP contribution in [0.2, 0.25) is 0 Å². The maximum absolute atomic E-state index is 13.7. The molecule has 1 aliphatic rings. The van der Waals surface area contributed by atoms with Crippen LogP contribution in [0.4, 0.5) is 8.78 Å². The van der Waals surface area contributed by atoms with Crippen molar-refractivity contribution >= 4 is 25.8 Å². The van der Waals surface area contributed by atoms with E-state index in [1.165, 1.54) is 34.6 Å². The average Bonchev–Trinajstić information content (AvgIpc) is 2.82. The molecule has 36 heavy (non-hydrogen) atoms. The summed E-state index contributed by atoms with van der Waals surface area (Å²) in [5.41, 5.74) is -0.778. The van der Waals surface area contributed by atoms with Crippen LogP contribution in [0.15, 0.2) is 52.3 Å². The Morgan fingerprint density at radius 2 is 1.44 bits per heavy atom. The summed E-state index contributed by atoms with van der Waals surface area (Å²) in [6.45, 7) is 4.21. The normalized spacial score (nSPS) is 15.6. The highest BCUT2D eigenvalue weighted by molar-refractivity contribution is 7.90. The van der Waals surface area contributed by atoms with Crippen LogP contribution in [0.3, 0.4) is 0 Å². The second-order valence-electron chi connectivity index (χ2n) is 9.33. The Morgan fingerprint density at radius 1 is 0.917 bits per heavy atom. The van der Waals surface area contributed by atoms with Crippen LogP contribution >= 0.6 is 0 Å². The quantitative estimate of drug-likeness (QED) is 0.450. The van der Waals surface area contributed by atoms with E-state index in [-0.39, 0.29) is 48.5 Å². The van der Waals surface area contributed by atoms with Gasteiger partial charge < -0.3 is 9.64 Å². The van der Waals surface area contributed by atoms with E-state index in [4.69, 9.17) is 4.74 Å². The van der Waals surface area contributed by atoms with Gasteiger partial charge in [-0.15, -0.1) is 0 Å². The minimum Gasteiger partial charge on any atom is -0.488 e. The third-order valence-corrected chi connectivity index (χ3v) is 9.15. The zero-order valence-corrected chi connectivity index (χ0v) is 22.0. The van der Waals surface area contributed by atoms with Gasteiger partial charge in [-0.05, 0) is 49.2 Å². The van der Waals surface area contributed by atoms with Crippen molar-refractivity contribution in [2.45, 2.75) is 36.5 Å². The highest BCUT2D eigenvalue weighted by Gasteiger charge is 2.36. The van der Waals surface area contributed by atoms with Gasteiger partial charge in [0, 0.05) is 37.8 Å². The fourth-order valence-corrected chi connectivity index (χ4v) is 6.04. The fraction of sp³-hybridized carbons (Fsp3) is 0.458. The number of amides is 1. The monoisotopic (exact) mass is 544 g/mol. The smallest absolute Gasteiger partial charge is 0.243 e. The summed E-state index contributed by atoms with van der Waals surface area (Å²) in [6.07, 6.45) is 1.85. The molecule has 0 spiro atoms. The van der Waals surface area contributed by atoms with Crippen LogP contribution in [0.1, 0.15) is 26.7 Å². The predicted octanol–water partition coefficient (Wildman–Crippen LogP) is 3.09. The van der Waals surface area contributed by atoms with Crippen LogP contribution in [0.5, 0.6) is 5.75 Å². The molecule has 1 aliphatic heterocycles. The minimum atomic E-state index is -3.84. The topological polar surface area (TPSA) is 101 Å². The molecule has 1 fully saturated rings. The van der Waals surface area contributed by atoms with E-state index < -0.39 is 42.7 Å². The van der Waals surface area contributed by atoms with E-state index in [9.17, 15) is 30.4 Å². The lowest BCUT2D eigenvalue weighted by molar-refractivity contribution is -0.142. The summed E-state index contributed by atoms with van der Waals surface area (Å²) in [6, 6.07) is 8.51. The number of nitrogens with zero attached hydrogens (tertiary/aromatic N) is 2. The largest absolute Gasteiger partial charge is 0.488 e. The van der Waals surface area contributed by atoms with Gasteiger partial charge in [-0.25, -0.2) is 25.6 Å². The number of piperazine rings is 1. The standard InChI is InChI=1S/C24H30F2N2O6S2/c1-24(2,12-5-17-34-22-20(25)6-4-7-21(22)26)23(29)27-13-15-28(16-14-27)36(32,33)19-10-8-18(9-11-19)35(3,30)31/h4,6-11H,5,12-17H2,1-3H3. The number of benzene rings is 2. The molecular weight excluding hydrogens is 514 g/mol. The third-order valence-electron chi connectivity index (χ3n) is 6.11. The van der Waals surface area contributed by atoms with E-state index in [2.05, 4.69) is 0 Å². The van der Waals surface area contributed by atoms with E-state index in [0.29, 0.717) is 12.8 Å². The summed E-state index contributed by atoms with van der Waals surface area (Å²) in [4.78, 5) is 14.7. The first-order chi connectivity index (χ1) is 16.7. The molecule has 0 bridgehead atoms. The van der Waals surface area contributed by atoms with Gasteiger partial charge in [0.15, 0.2) is 27.2 Å². The lowest BCUT2D eigenvalue weighted by Crippen LogP contribution is -2.53. The molecule has 0 aromatic heterocycles. The Hall–Kier alpha value is -2.57. The molecule has 2 aromatic carbocycles. The first kappa shape index (κ1) is 28.0. The lowest BCUT2D eigenvalue weighted by Gasteiger charge is -2.38. The van der Waals surface area contributed by atoms with Crippen LogP contribution in [0, 0.1) is 17.0 Å². The number of sulfonamides is 1. The first-order valence-electron chi connectivity index (χ1n) is 11.4. The van der Waals surface area contributed by atoms with Crippen molar-refractivity contribution < 1.29 is 35.1 Å². The van der Waals surface area contributed by atoms with Crippen molar-refractivity contribution in [1.82, 2.24) is 9.21 Å². The number of hydrogen-bond acceptors (Lipinski definition) is 6. The average molecular weight is 545 g/mol. The van der Waals surface area contributed by atoms with Crippen molar-refractivity contribution in [1.29, 1.82) is 0 Å². The predicted molar refractivity (Wildman–Crippen MR) is 130 cm³/mol. The minimum absolute atomic E-state index is 0.0127. The molecule has 1 heterocycles. The molecule has 0 atom stereocenters. The Bertz CT molecular complexity index is 1280. The van der Waals surface area contributed by atoms with E-state index in [1.807, 2.05) is 0 Å². The summed E-state index contributed by atoms with van der Waals surface area (Å²) >= 11 is 0. The zero-order chi connectivity index (χ0) is 26.7. The van der Waals surface area contributed by atoms with Gasteiger partial charge in [0.05, 0.1) is 16.4 Å². The maximum Gasteiger partial charge on any atom is 0.243 e. The molecule has 1 saturated heterocycles. The van der Waals surface area contributed by atoms with Gasteiger partial charge >= 0.3 is 0 Å². The Morgan fingerprint density at radius 3 is 1.97 bits per heavy atom. The molecule has 3 rings (SSSR count). The van der Waals surface area contributed by atoms with Gasteiger partial charge in [0.2, 0.25) is 15.9 Å². The van der Waals surface area contributed by atoms with Crippen molar-refractivity contribution in [3.8, 4) is 5.75 Å². The fourth-order valence-electron chi connectivity index (χ4n) is 3.98. The Labute approximate surface area is 210 Å². The highest BCUT2D eigenvalue weighted by Crippen LogP contribution is 2.28. The van der Waals surface area contributed by atoms with Crippen molar-refractivity contribution in [2.75, 3.05) is 39.0 Å². The highest BCUT2D eigenvalue weighted by atomic mass is 32.2. The number of carbonyl (C=O) groups is 1. The number of para-hydroxylation sites is 1. The molecule has 0 unspecified atom stereocenters. The molecule has 8 nitrogen and oxygen atoms in total. The third kappa shape index (κ3) is 6.40. The van der Waals surface area contributed by atoms with E-state index in [1.54, 1.807) is 18.7 Å². The van der Waals surface area contributed by atoms with Crippen LogP contribution < -0.4 is 4.74 Å². The number of rotatable bonds is 9. The van der Waals surface area contributed by atoms with Gasteiger partial charge in [0.1, 0.15) is 0 Å². The molecule has 0 N–H and O–H groups in total. The first-order valence-corrected chi connectivity index (χ1v) is 14.7. The van der Waals surface area contributed by atoms with Crippen LogP contribution in [-0.2, 0) is 24.7 Å². The number of ether oxygens (including phenoxy) is 1. The summed E-state index contributed by atoms with van der Waals surface area (Å²) < 4.78 is 83.0. The molecule has 12 heteroatoms. The second kappa shape index (κ2) is 10.8. The van der Waals surface area contributed by atoms with Gasteiger partial charge in [0.25, 0.3) is 0 Å². The van der Waals surface area contributed by atoms with Gasteiger partial charge in [-0.3, -0.25) is 4.79 Å². The summed E-state index contributed by atoms with van der Waals surface area (Å²) in [7, 11) is -7.28. The van der Waals surface area contributed by atoms with Crippen molar-refractivity contribution in [3.63, 3.8) is 0 Å². The van der Waals surface area contributed by atoms with Gasteiger partial charge in [-0.1, -0.05) is 19.9 Å². The molecule has 0 radical (unpaired) electrons. The molecule has 2 aromatic rings.